The summed E-state index contributed by atoms with van der Waals surface area (Å²) in [4.78, 5) is 2.17. The van der Waals surface area contributed by atoms with E-state index >= 15 is 0 Å². The number of piperidine rings is 1. The van der Waals surface area contributed by atoms with Gasteiger partial charge in [0, 0.05) is 18.3 Å². The number of anilines is 1. The molecule has 1 heterocycles. The zero-order valence-corrected chi connectivity index (χ0v) is 10.8. The van der Waals surface area contributed by atoms with Crippen molar-refractivity contribution >= 4 is 5.69 Å². The average Bonchev–Trinajstić information content (AvgIpc) is 2.38. The maximum Gasteiger partial charge on any atom is 0.123 e. The third-order valence-corrected chi connectivity index (χ3v) is 3.63. The summed E-state index contributed by atoms with van der Waals surface area (Å²) in [5.74, 6) is -0.261. The van der Waals surface area contributed by atoms with Gasteiger partial charge in [0.25, 0.3) is 0 Å². The van der Waals surface area contributed by atoms with Crippen molar-refractivity contribution in [3.05, 3.63) is 29.6 Å². The molecule has 4 heteroatoms. The van der Waals surface area contributed by atoms with Gasteiger partial charge in [0.1, 0.15) is 5.82 Å². The summed E-state index contributed by atoms with van der Waals surface area (Å²) < 4.78 is 13.3. The van der Waals surface area contributed by atoms with Crippen LogP contribution in [-0.4, -0.2) is 24.3 Å². The topological polar surface area (TPSA) is 49.5 Å². The molecule has 18 heavy (non-hydrogen) atoms. The highest BCUT2D eigenvalue weighted by molar-refractivity contribution is 5.56. The molecule has 0 bridgehead atoms. The van der Waals surface area contributed by atoms with Crippen LogP contribution < -0.4 is 10.6 Å². The molecule has 3 nitrogen and oxygen atoms in total. The van der Waals surface area contributed by atoms with Gasteiger partial charge in [-0.2, -0.15) is 0 Å². The summed E-state index contributed by atoms with van der Waals surface area (Å²) in [5.41, 5.74) is 7.70. The Hall–Kier alpha value is -1.13. The Balaban J connectivity index is 2.36. The fourth-order valence-corrected chi connectivity index (χ4v) is 2.66. The molecule has 3 N–H and O–H groups in total. The quantitative estimate of drug-likeness (QED) is 0.867. The molecule has 1 fully saturated rings. The largest absolute Gasteiger partial charge is 0.394 e. The van der Waals surface area contributed by atoms with Crippen molar-refractivity contribution in [1.29, 1.82) is 0 Å². The Kier molecular flexibility index (Phi) is 4.19. The molecule has 1 aromatic carbocycles. The van der Waals surface area contributed by atoms with Gasteiger partial charge in [0.2, 0.25) is 0 Å². The molecule has 1 unspecified atom stereocenters. The van der Waals surface area contributed by atoms with Gasteiger partial charge >= 0.3 is 0 Å². The number of aliphatic hydroxyl groups is 1. The summed E-state index contributed by atoms with van der Waals surface area (Å²) in [6, 6.07) is 4.66. The molecule has 2 rings (SSSR count). The van der Waals surface area contributed by atoms with E-state index in [2.05, 4.69) is 4.90 Å². The lowest BCUT2D eigenvalue weighted by Gasteiger charge is -2.38. The van der Waals surface area contributed by atoms with Crippen molar-refractivity contribution < 1.29 is 9.50 Å². The minimum Gasteiger partial charge on any atom is -0.394 e. The summed E-state index contributed by atoms with van der Waals surface area (Å²) in [6.45, 7) is 2.89. The molecule has 1 aromatic rings. The molecule has 1 aliphatic heterocycles. The number of halogens is 1. The number of aliphatic hydroxyl groups excluding tert-OH is 1. The van der Waals surface area contributed by atoms with Gasteiger partial charge in [-0.3, -0.25) is 0 Å². The van der Waals surface area contributed by atoms with Crippen molar-refractivity contribution in [2.75, 3.05) is 18.1 Å². The van der Waals surface area contributed by atoms with Crippen LogP contribution in [0, 0.1) is 5.82 Å². The van der Waals surface area contributed by atoms with E-state index in [-0.39, 0.29) is 24.5 Å². The zero-order valence-electron chi connectivity index (χ0n) is 10.8. The Bertz CT molecular complexity index is 409. The molecule has 0 aliphatic carbocycles. The predicted octanol–water partition coefficient (Wildman–Crippen LogP) is 2.20. The average molecular weight is 252 g/mol. The number of nitrogens with two attached hydrogens (primary N) is 1. The minimum absolute atomic E-state index is 0.127. The van der Waals surface area contributed by atoms with Crippen LogP contribution in [0.2, 0.25) is 0 Å². The highest BCUT2D eigenvalue weighted by atomic mass is 19.1. The second-order valence-corrected chi connectivity index (χ2v) is 5.02. The molecular formula is C14H21FN2O. The molecule has 0 radical (unpaired) electrons. The van der Waals surface area contributed by atoms with E-state index in [1.165, 1.54) is 12.1 Å². The van der Waals surface area contributed by atoms with E-state index in [0.29, 0.717) is 0 Å². The predicted molar refractivity (Wildman–Crippen MR) is 71.1 cm³/mol. The third kappa shape index (κ3) is 2.65. The van der Waals surface area contributed by atoms with Crippen molar-refractivity contribution in [3.8, 4) is 0 Å². The van der Waals surface area contributed by atoms with E-state index in [1.807, 2.05) is 6.92 Å². The van der Waals surface area contributed by atoms with Gasteiger partial charge in [0.05, 0.1) is 12.6 Å². The molecule has 1 saturated heterocycles. The van der Waals surface area contributed by atoms with Crippen LogP contribution in [0.3, 0.4) is 0 Å². The highest BCUT2D eigenvalue weighted by Gasteiger charge is 2.24. The fourth-order valence-electron chi connectivity index (χ4n) is 2.66. The second kappa shape index (κ2) is 5.67. The first kappa shape index (κ1) is 13.3. The SMILES string of the molecule is C[C@H](N)c1cc(F)ccc1N1CCCCC1CO. The van der Waals surface area contributed by atoms with Crippen molar-refractivity contribution in [3.63, 3.8) is 0 Å². The summed E-state index contributed by atoms with van der Waals surface area (Å²) in [6.07, 6.45) is 3.22. The van der Waals surface area contributed by atoms with Crippen molar-refractivity contribution in [2.45, 2.75) is 38.3 Å². The van der Waals surface area contributed by atoms with Gasteiger partial charge in [-0.05, 0) is 49.9 Å². The lowest BCUT2D eigenvalue weighted by atomic mass is 9.98. The summed E-state index contributed by atoms with van der Waals surface area (Å²) in [5, 5.41) is 9.46. The van der Waals surface area contributed by atoms with Gasteiger partial charge in [-0.15, -0.1) is 0 Å². The number of rotatable bonds is 3. The van der Waals surface area contributed by atoms with E-state index in [4.69, 9.17) is 5.73 Å². The highest BCUT2D eigenvalue weighted by Crippen LogP contribution is 2.31. The molecular weight excluding hydrogens is 231 g/mol. The Morgan fingerprint density at radius 1 is 1.50 bits per heavy atom. The van der Waals surface area contributed by atoms with Gasteiger partial charge in [-0.1, -0.05) is 0 Å². The third-order valence-electron chi connectivity index (χ3n) is 3.63. The first-order valence-electron chi connectivity index (χ1n) is 6.56. The first-order valence-corrected chi connectivity index (χ1v) is 6.56. The monoisotopic (exact) mass is 252 g/mol. The molecule has 0 saturated carbocycles. The van der Waals surface area contributed by atoms with Crippen LogP contribution in [0.25, 0.3) is 0 Å². The smallest absolute Gasteiger partial charge is 0.123 e. The number of hydrogen-bond donors (Lipinski definition) is 2. The number of hydrogen-bond acceptors (Lipinski definition) is 3. The maximum absolute atomic E-state index is 13.3. The zero-order chi connectivity index (χ0) is 13.1. The molecule has 0 amide bonds. The Morgan fingerprint density at radius 2 is 2.28 bits per heavy atom. The Labute approximate surface area is 107 Å². The van der Waals surface area contributed by atoms with Crippen LogP contribution in [0.5, 0.6) is 0 Å². The Morgan fingerprint density at radius 3 is 2.94 bits per heavy atom. The van der Waals surface area contributed by atoms with Crippen LogP contribution in [0.1, 0.15) is 37.8 Å². The van der Waals surface area contributed by atoms with Gasteiger partial charge < -0.3 is 15.7 Å². The fraction of sp³-hybridized carbons (Fsp3) is 0.571. The van der Waals surface area contributed by atoms with Gasteiger partial charge in [0.15, 0.2) is 0 Å². The van der Waals surface area contributed by atoms with Crippen molar-refractivity contribution in [1.82, 2.24) is 0 Å². The molecule has 100 valence electrons. The number of benzene rings is 1. The maximum atomic E-state index is 13.3. The van der Waals surface area contributed by atoms with E-state index < -0.39 is 0 Å². The van der Waals surface area contributed by atoms with Crippen LogP contribution in [-0.2, 0) is 0 Å². The van der Waals surface area contributed by atoms with Gasteiger partial charge in [-0.25, -0.2) is 4.39 Å². The lowest BCUT2D eigenvalue weighted by molar-refractivity contribution is 0.240. The molecule has 1 aliphatic rings. The molecule has 0 aromatic heterocycles. The summed E-state index contributed by atoms with van der Waals surface area (Å²) >= 11 is 0. The van der Waals surface area contributed by atoms with E-state index in [1.54, 1.807) is 6.07 Å². The second-order valence-electron chi connectivity index (χ2n) is 5.02. The summed E-state index contributed by atoms with van der Waals surface area (Å²) in [7, 11) is 0. The lowest BCUT2D eigenvalue weighted by Crippen LogP contribution is -2.42. The van der Waals surface area contributed by atoms with Crippen LogP contribution in [0.4, 0.5) is 10.1 Å². The minimum atomic E-state index is -0.261. The van der Waals surface area contributed by atoms with E-state index in [9.17, 15) is 9.50 Å². The van der Waals surface area contributed by atoms with Crippen LogP contribution >= 0.6 is 0 Å². The van der Waals surface area contributed by atoms with Crippen molar-refractivity contribution in [2.24, 2.45) is 5.73 Å². The number of nitrogens with zero attached hydrogens (tertiary/aromatic N) is 1. The van der Waals surface area contributed by atoms with E-state index in [0.717, 1.165) is 37.1 Å². The molecule has 2 atom stereocenters. The standard InChI is InChI=1S/C14H21FN2O/c1-10(16)13-8-11(15)5-6-14(13)17-7-3-2-4-12(17)9-18/h5-6,8,10,12,18H,2-4,7,9,16H2,1H3/t10-,12?/m0/s1. The first-order chi connectivity index (χ1) is 8.63. The van der Waals surface area contributed by atoms with Crippen LogP contribution in [0.15, 0.2) is 18.2 Å². The normalized spacial score (nSPS) is 22.0. The molecule has 0 spiro atoms.